The highest BCUT2D eigenvalue weighted by atomic mass is 32.2. The minimum Gasteiger partial charge on any atom is -0.369 e. The van der Waals surface area contributed by atoms with E-state index < -0.39 is 11.2 Å². The van der Waals surface area contributed by atoms with Crippen LogP contribution in [0.25, 0.3) is 11.2 Å². The topological polar surface area (TPSA) is 145 Å². The third-order valence-corrected chi connectivity index (χ3v) is 7.96. The lowest BCUT2D eigenvalue weighted by Gasteiger charge is -2.32. The van der Waals surface area contributed by atoms with Gasteiger partial charge in [0.2, 0.25) is 11.9 Å². The summed E-state index contributed by atoms with van der Waals surface area (Å²) in [7, 11) is 1.60. The number of thioether (sulfide) groups is 1. The summed E-state index contributed by atoms with van der Waals surface area (Å²) in [5, 5.41) is 9.13. The molecule has 4 rings (SSSR count). The van der Waals surface area contributed by atoms with Gasteiger partial charge in [0.1, 0.15) is 5.01 Å². The number of H-pyrrole nitrogens is 1. The van der Waals surface area contributed by atoms with Gasteiger partial charge in [-0.15, -0.1) is 10.2 Å². The number of fused-ring (bicyclic) bond motifs is 1. The van der Waals surface area contributed by atoms with Gasteiger partial charge in [-0.25, -0.2) is 4.79 Å². The molecule has 0 bridgehead atoms. The molecule has 172 valence electrons. The van der Waals surface area contributed by atoms with Gasteiger partial charge in [-0.05, 0) is 25.7 Å². The summed E-state index contributed by atoms with van der Waals surface area (Å²) in [4.78, 5) is 45.6. The van der Waals surface area contributed by atoms with Gasteiger partial charge in [-0.2, -0.15) is 4.98 Å². The van der Waals surface area contributed by atoms with Crippen LogP contribution in [0.15, 0.2) is 13.9 Å². The van der Waals surface area contributed by atoms with Crippen LogP contribution in [-0.2, 0) is 18.4 Å². The quantitative estimate of drug-likeness (QED) is 0.472. The second-order valence-electron chi connectivity index (χ2n) is 8.18. The highest BCUT2D eigenvalue weighted by Gasteiger charge is 2.28. The smallest absolute Gasteiger partial charge is 0.329 e. The summed E-state index contributed by atoms with van der Waals surface area (Å²) < 4.78 is 4.17. The average Bonchev–Trinajstić information content (AvgIpc) is 3.34. The van der Waals surface area contributed by atoms with Crippen LogP contribution in [0.2, 0.25) is 0 Å². The molecule has 32 heavy (non-hydrogen) atoms. The van der Waals surface area contributed by atoms with Crippen LogP contribution in [-0.4, -0.2) is 54.0 Å². The van der Waals surface area contributed by atoms with Crippen LogP contribution in [0.4, 0.5) is 5.95 Å². The molecule has 11 nitrogen and oxygen atoms in total. The largest absolute Gasteiger partial charge is 0.369 e. The Bertz CT molecular complexity index is 1250. The number of aromatic amines is 1. The van der Waals surface area contributed by atoms with Gasteiger partial charge in [0.05, 0.1) is 0 Å². The number of rotatable bonds is 7. The van der Waals surface area contributed by atoms with Crippen molar-refractivity contribution in [3.05, 3.63) is 25.8 Å². The van der Waals surface area contributed by atoms with Gasteiger partial charge in [0.15, 0.2) is 15.5 Å². The van der Waals surface area contributed by atoms with E-state index in [1.807, 2.05) is 11.5 Å². The number of hydrogen-bond acceptors (Lipinski definition) is 9. The number of aryl methyl sites for hydroxylation is 2. The fraction of sp³-hybridized carbons (Fsp3) is 0.579. The van der Waals surface area contributed by atoms with Crippen molar-refractivity contribution < 1.29 is 4.79 Å². The molecule has 0 spiro atoms. The van der Waals surface area contributed by atoms with Crippen molar-refractivity contribution >= 4 is 46.1 Å². The number of hydrogen-bond donors (Lipinski definition) is 2. The number of carbonyl (C=O) groups is 1. The third-order valence-electron chi connectivity index (χ3n) is 5.66. The molecule has 0 aromatic carbocycles. The molecule has 1 aliphatic heterocycles. The van der Waals surface area contributed by atoms with E-state index in [1.165, 1.54) is 4.57 Å². The summed E-state index contributed by atoms with van der Waals surface area (Å²) in [6.07, 6.45) is 1.27. The molecule has 0 unspecified atom stereocenters. The van der Waals surface area contributed by atoms with Crippen LogP contribution in [0.5, 0.6) is 0 Å². The fourth-order valence-electron chi connectivity index (χ4n) is 3.92. The Balaban J connectivity index is 1.65. The van der Waals surface area contributed by atoms with E-state index in [0.29, 0.717) is 49.6 Å². The average molecular weight is 479 g/mol. The third kappa shape index (κ3) is 4.44. The predicted octanol–water partition coefficient (Wildman–Crippen LogP) is 0.713. The fourth-order valence-corrected chi connectivity index (χ4v) is 5.76. The highest BCUT2D eigenvalue weighted by molar-refractivity contribution is 8.01. The number of aromatic nitrogens is 6. The second kappa shape index (κ2) is 9.06. The molecule has 1 saturated heterocycles. The monoisotopic (exact) mass is 478 g/mol. The Morgan fingerprint density at radius 3 is 2.66 bits per heavy atom. The van der Waals surface area contributed by atoms with Gasteiger partial charge in [-0.1, -0.05) is 30.0 Å². The van der Waals surface area contributed by atoms with Crippen molar-refractivity contribution in [2.45, 2.75) is 37.6 Å². The summed E-state index contributed by atoms with van der Waals surface area (Å²) in [6.45, 7) is 5.79. The first-order valence-corrected chi connectivity index (χ1v) is 12.2. The van der Waals surface area contributed by atoms with Gasteiger partial charge in [0, 0.05) is 38.4 Å². The zero-order chi connectivity index (χ0) is 23.0. The van der Waals surface area contributed by atoms with Crippen molar-refractivity contribution in [3.63, 3.8) is 0 Å². The molecule has 4 heterocycles. The maximum atomic E-state index is 12.7. The van der Waals surface area contributed by atoms with Gasteiger partial charge >= 0.3 is 5.69 Å². The van der Waals surface area contributed by atoms with E-state index in [9.17, 15) is 14.4 Å². The van der Waals surface area contributed by atoms with Crippen LogP contribution in [0.3, 0.4) is 0 Å². The first-order chi connectivity index (χ1) is 15.2. The molecular weight excluding hydrogens is 452 g/mol. The molecule has 1 amide bonds. The van der Waals surface area contributed by atoms with Crippen molar-refractivity contribution in [3.8, 4) is 0 Å². The first kappa shape index (κ1) is 22.5. The van der Waals surface area contributed by atoms with E-state index in [2.05, 4.69) is 27.0 Å². The Morgan fingerprint density at radius 2 is 2.03 bits per heavy atom. The van der Waals surface area contributed by atoms with Gasteiger partial charge in [0.25, 0.3) is 5.56 Å². The number of nitrogens with one attached hydrogen (secondary N) is 1. The molecule has 1 atom stereocenters. The van der Waals surface area contributed by atoms with E-state index in [4.69, 9.17) is 10.7 Å². The summed E-state index contributed by atoms with van der Waals surface area (Å²) in [6, 6.07) is 0. The number of nitrogens with two attached hydrogens (primary N) is 1. The standard InChI is InChI=1S/C19H26N8O3S2/c1-10(9-31-19-24-23-11(2)32-19)8-27-13-15(25(3)18(30)22-16(13)29)21-17(27)26-6-4-12(5-7-26)14(20)28/h10,12H,4-9H2,1-3H3,(H2,20,28)(H,22,29,30)/t10-/m1/s1. The van der Waals surface area contributed by atoms with E-state index in [1.54, 1.807) is 30.1 Å². The molecule has 0 radical (unpaired) electrons. The van der Waals surface area contributed by atoms with Crippen molar-refractivity contribution in [2.75, 3.05) is 23.7 Å². The molecule has 1 fully saturated rings. The highest BCUT2D eigenvalue weighted by Crippen LogP contribution is 2.28. The Labute approximate surface area is 192 Å². The molecule has 0 saturated carbocycles. The van der Waals surface area contributed by atoms with Crippen LogP contribution in [0, 0.1) is 18.8 Å². The summed E-state index contributed by atoms with van der Waals surface area (Å²) in [5.41, 5.74) is 5.26. The Morgan fingerprint density at radius 1 is 1.31 bits per heavy atom. The Kier molecular flexibility index (Phi) is 6.38. The summed E-state index contributed by atoms with van der Waals surface area (Å²) in [5.74, 6) is 1.19. The first-order valence-electron chi connectivity index (χ1n) is 10.4. The SMILES string of the molecule is Cc1nnc(SC[C@H](C)Cn2c(N3CCC(C(N)=O)CC3)nc3c2c(=O)[nH]c(=O)n3C)s1. The summed E-state index contributed by atoms with van der Waals surface area (Å²) >= 11 is 3.19. The molecular formula is C19H26N8O3S2. The number of imidazole rings is 1. The van der Waals surface area contributed by atoms with Crippen LogP contribution in [0.1, 0.15) is 24.8 Å². The maximum absolute atomic E-state index is 12.7. The number of piperidine rings is 1. The predicted molar refractivity (Wildman–Crippen MR) is 124 cm³/mol. The minimum absolute atomic E-state index is 0.150. The van der Waals surface area contributed by atoms with E-state index in [-0.39, 0.29) is 17.7 Å². The van der Waals surface area contributed by atoms with Crippen molar-refractivity contribution in [1.29, 1.82) is 0 Å². The van der Waals surface area contributed by atoms with Crippen LogP contribution >= 0.6 is 23.1 Å². The lowest BCUT2D eigenvalue weighted by atomic mass is 9.96. The lowest BCUT2D eigenvalue weighted by Crippen LogP contribution is -2.40. The number of anilines is 1. The van der Waals surface area contributed by atoms with Crippen molar-refractivity contribution in [1.82, 2.24) is 29.3 Å². The zero-order valence-electron chi connectivity index (χ0n) is 18.2. The number of carbonyl (C=O) groups excluding carboxylic acids is 1. The minimum atomic E-state index is -0.499. The Hall–Kier alpha value is -2.67. The number of primary amides is 1. The lowest BCUT2D eigenvalue weighted by molar-refractivity contribution is -0.122. The molecule has 13 heteroatoms. The molecule has 0 aliphatic carbocycles. The van der Waals surface area contributed by atoms with Gasteiger partial charge < -0.3 is 15.2 Å². The molecule has 3 aromatic rings. The normalized spacial score (nSPS) is 16.0. The second-order valence-corrected chi connectivity index (χ2v) is 10.6. The van der Waals surface area contributed by atoms with Gasteiger partial charge in [-0.3, -0.25) is 19.1 Å². The number of nitrogens with zero attached hydrogens (tertiary/aromatic N) is 6. The molecule has 3 N–H and O–H groups in total. The zero-order valence-corrected chi connectivity index (χ0v) is 19.8. The maximum Gasteiger partial charge on any atom is 0.329 e. The molecule has 1 aliphatic rings. The molecule has 3 aromatic heterocycles. The van der Waals surface area contributed by atoms with Crippen molar-refractivity contribution in [2.24, 2.45) is 24.6 Å². The van der Waals surface area contributed by atoms with Crippen LogP contribution < -0.4 is 21.9 Å². The van der Waals surface area contributed by atoms with E-state index in [0.717, 1.165) is 15.1 Å². The number of amides is 1. The van der Waals surface area contributed by atoms with E-state index >= 15 is 0 Å².